The summed E-state index contributed by atoms with van der Waals surface area (Å²) in [4.78, 5) is 26.3. The highest BCUT2D eigenvalue weighted by molar-refractivity contribution is 9.10. The van der Waals surface area contributed by atoms with Crippen molar-refractivity contribution in [3.8, 4) is 0 Å². The summed E-state index contributed by atoms with van der Waals surface area (Å²) < 4.78 is 5.90. The van der Waals surface area contributed by atoms with E-state index in [1.807, 2.05) is 25.1 Å². The SMILES string of the molecule is CCOC(=O)[C@H]1CCCN(C(=O)c2cccc(C)c2Br)C1. The summed E-state index contributed by atoms with van der Waals surface area (Å²) in [5.41, 5.74) is 1.68. The van der Waals surface area contributed by atoms with Crippen LogP contribution >= 0.6 is 15.9 Å². The van der Waals surface area contributed by atoms with Crippen molar-refractivity contribution >= 4 is 27.8 Å². The Kier molecular flexibility index (Phi) is 5.39. The van der Waals surface area contributed by atoms with E-state index >= 15 is 0 Å². The first-order chi connectivity index (χ1) is 10.0. The number of likely N-dealkylation sites (tertiary alicyclic amines) is 1. The van der Waals surface area contributed by atoms with Gasteiger partial charge in [0.1, 0.15) is 0 Å². The molecule has 0 N–H and O–H groups in total. The third kappa shape index (κ3) is 3.64. The van der Waals surface area contributed by atoms with Crippen molar-refractivity contribution in [3.05, 3.63) is 33.8 Å². The Morgan fingerprint density at radius 1 is 1.43 bits per heavy atom. The zero-order valence-corrected chi connectivity index (χ0v) is 14.0. The Morgan fingerprint density at radius 2 is 2.19 bits per heavy atom. The van der Waals surface area contributed by atoms with Gasteiger partial charge in [-0.25, -0.2) is 0 Å². The van der Waals surface area contributed by atoms with Gasteiger partial charge in [-0.15, -0.1) is 0 Å². The molecule has 1 aromatic rings. The average Bonchev–Trinajstić information content (AvgIpc) is 2.50. The molecule has 0 bridgehead atoms. The van der Waals surface area contributed by atoms with Gasteiger partial charge in [0.15, 0.2) is 0 Å². The van der Waals surface area contributed by atoms with Crippen molar-refractivity contribution in [1.29, 1.82) is 0 Å². The Hall–Kier alpha value is -1.36. The number of aryl methyl sites for hydroxylation is 1. The number of carbonyl (C=O) groups is 2. The summed E-state index contributed by atoms with van der Waals surface area (Å²) in [6, 6.07) is 5.64. The van der Waals surface area contributed by atoms with Crippen LogP contribution in [0.2, 0.25) is 0 Å². The lowest BCUT2D eigenvalue weighted by Gasteiger charge is -2.32. The van der Waals surface area contributed by atoms with Crippen molar-refractivity contribution in [2.45, 2.75) is 26.7 Å². The summed E-state index contributed by atoms with van der Waals surface area (Å²) in [7, 11) is 0. The molecule has 1 atom stereocenters. The minimum Gasteiger partial charge on any atom is -0.466 e. The molecule has 0 spiro atoms. The second-order valence-electron chi connectivity index (χ2n) is 5.28. The summed E-state index contributed by atoms with van der Waals surface area (Å²) in [6.07, 6.45) is 1.62. The van der Waals surface area contributed by atoms with Crippen LogP contribution in [0.5, 0.6) is 0 Å². The highest BCUT2D eigenvalue weighted by Gasteiger charge is 2.30. The smallest absolute Gasteiger partial charge is 0.310 e. The van der Waals surface area contributed by atoms with Gasteiger partial charge in [-0.05, 0) is 54.2 Å². The van der Waals surface area contributed by atoms with E-state index in [1.54, 1.807) is 11.8 Å². The largest absolute Gasteiger partial charge is 0.466 e. The van der Waals surface area contributed by atoms with E-state index in [9.17, 15) is 9.59 Å². The highest BCUT2D eigenvalue weighted by atomic mass is 79.9. The minimum absolute atomic E-state index is 0.0282. The monoisotopic (exact) mass is 353 g/mol. The maximum Gasteiger partial charge on any atom is 0.310 e. The fourth-order valence-corrected chi connectivity index (χ4v) is 3.03. The predicted octanol–water partition coefficient (Wildman–Crippen LogP) is 3.17. The van der Waals surface area contributed by atoms with Gasteiger partial charge in [0.05, 0.1) is 18.1 Å². The summed E-state index contributed by atoms with van der Waals surface area (Å²) in [6.45, 7) is 5.27. The molecular formula is C16H20BrNO3. The maximum atomic E-state index is 12.6. The van der Waals surface area contributed by atoms with E-state index in [0.29, 0.717) is 25.3 Å². The Bertz CT molecular complexity index is 544. The number of halogens is 1. The first-order valence-electron chi connectivity index (χ1n) is 7.25. The van der Waals surface area contributed by atoms with E-state index in [1.165, 1.54) is 0 Å². The third-order valence-electron chi connectivity index (χ3n) is 3.75. The van der Waals surface area contributed by atoms with Crippen LogP contribution in [0, 0.1) is 12.8 Å². The predicted molar refractivity (Wildman–Crippen MR) is 84.1 cm³/mol. The molecule has 4 nitrogen and oxygen atoms in total. The van der Waals surface area contributed by atoms with Gasteiger partial charge >= 0.3 is 5.97 Å². The van der Waals surface area contributed by atoms with Crippen LogP contribution < -0.4 is 0 Å². The summed E-state index contributed by atoms with van der Waals surface area (Å²) in [5, 5.41) is 0. The van der Waals surface area contributed by atoms with Crippen LogP contribution in [0.1, 0.15) is 35.7 Å². The van der Waals surface area contributed by atoms with Crippen LogP contribution in [0.25, 0.3) is 0 Å². The number of nitrogens with zero attached hydrogens (tertiary/aromatic N) is 1. The molecule has 1 fully saturated rings. The first-order valence-corrected chi connectivity index (χ1v) is 8.05. The van der Waals surface area contributed by atoms with E-state index < -0.39 is 0 Å². The topological polar surface area (TPSA) is 46.6 Å². The van der Waals surface area contributed by atoms with Crippen molar-refractivity contribution < 1.29 is 14.3 Å². The number of amides is 1. The number of piperidine rings is 1. The third-order valence-corrected chi connectivity index (χ3v) is 4.80. The molecule has 21 heavy (non-hydrogen) atoms. The number of hydrogen-bond acceptors (Lipinski definition) is 3. The second kappa shape index (κ2) is 7.07. The van der Waals surface area contributed by atoms with Crippen LogP contribution in [0.3, 0.4) is 0 Å². The molecule has 0 radical (unpaired) electrons. The number of esters is 1. The Morgan fingerprint density at radius 3 is 2.90 bits per heavy atom. The summed E-state index contributed by atoms with van der Waals surface area (Å²) >= 11 is 3.48. The van der Waals surface area contributed by atoms with Crippen LogP contribution in [0.15, 0.2) is 22.7 Å². The van der Waals surface area contributed by atoms with Gasteiger partial charge in [0.2, 0.25) is 0 Å². The lowest BCUT2D eigenvalue weighted by Crippen LogP contribution is -2.43. The quantitative estimate of drug-likeness (QED) is 0.784. The highest BCUT2D eigenvalue weighted by Crippen LogP contribution is 2.25. The molecule has 1 amide bonds. The van der Waals surface area contributed by atoms with Gasteiger partial charge in [0.25, 0.3) is 5.91 Å². The molecule has 1 aromatic carbocycles. The molecule has 1 aliphatic rings. The molecule has 1 aliphatic heterocycles. The molecule has 0 aromatic heterocycles. The minimum atomic E-state index is -0.203. The fourth-order valence-electron chi connectivity index (χ4n) is 2.60. The van der Waals surface area contributed by atoms with Gasteiger partial charge < -0.3 is 9.64 Å². The molecule has 2 rings (SSSR count). The van der Waals surface area contributed by atoms with Crippen molar-refractivity contribution in [3.63, 3.8) is 0 Å². The first kappa shape index (κ1) is 16.0. The number of hydrogen-bond donors (Lipinski definition) is 0. The second-order valence-corrected chi connectivity index (χ2v) is 6.07. The number of rotatable bonds is 3. The van der Waals surface area contributed by atoms with E-state index in [-0.39, 0.29) is 17.8 Å². The molecule has 0 aliphatic carbocycles. The van der Waals surface area contributed by atoms with Crippen LogP contribution in [-0.2, 0) is 9.53 Å². The van der Waals surface area contributed by atoms with Gasteiger partial charge in [-0.1, -0.05) is 12.1 Å². The van der Waals surface area contributed by atoms with Crippen LogP contribution in [-0.4, -0.2) is 36.5 Å². The normalized spacial score (nSPS) is 18.4. The molecular weight excluding hydrogens is 334 g/mol. The number of ether oxygens (including phenoxy) is 1. The zero-order chi connectivity index (χ0) is 15.4. The lowest BCUT2D eigenvalue weighted by atomic mass is 9.97. The van der Waals surface area contributed by atoms with Gasteiger partial charge in [-0.3, -0.25) is 9.59 Å². The van der Waals surface area contributed by atoms with Crippen molar-refractivity contribution in [1.82, 2.24) is 4.90 Å². The lowest BCUT2D eigenvalue weighted by molar-refractivity contribution is -0.149. The van der Waals surface area contributed by atoms with E-state index in [0.717, 1.165) is 22.9 Å². The van der Waals surface area contributed by atoms with E-state index in [4.69, 9.17) is 4.74 Å². The van der Waals surface area contributed by atoms with Gasteiger partial charge in [-0.2, -0.15) is 0 Å². The summed E-state index contributed by atoms with van der Waals surface area (Å²) in [5.74, 6) is -0.427. The molecule has 5 heteroatoms. The standard InChI is InChI=1S/C16H20BrNO3/c1-3-21-16(20)12-7-5-9-18(10-12)15(19)13-8-4-6-11(2)14(13)17/h4,6,8,12H,3,5,7,9-10H2,1-2H3/t12-/m0/s1. The average molecular weight is 354 g/mol. The molecule has 1 heterocycles. The molecule has 1 saturated heterocycles. The Balaban J connectivity index is 2.12. The van der Waals surface area contributed by atoms with Crippen molar-refractivity contribution in [2.75, 3.05) is 19.7 Å². The zero-order valence-electron chi connectivity index (χ0n) is 12.4. The Labute approximate surface area is 133 Å². The van der Waals surface area contributed by atoms with Gasteiger partial charge in [0, 0.05) is 17.6 Å². The van der Waals surface area contributed by atoms with Crippen molar-refractivity contribution in [2.24, 2.45) is 5.92 Å². The fraction of sp³-hybridized carbons (Fsp3) is 0.500. The number of benzene rings is 1. The molecule has 114 valence electrons. The molecule has 0 saturated carbocycles. The molecule has 0 unspecified atom stereocenters. The van der Waals surface area contributed by atoms with E-state index in [2.05, 4.69) is 15.9 Å². The van der Waals surface area contributed by atoms with Crippen LogP contribution in [0.4, 0.5) is 0 Å². The maximum absolute atomic E-state index is 12.6. The number of carbonyl (C=O) groups excluding carboxylic acids is 2.